The third kappa shape index (κ3) is 66.5. The molecular formula is C75H126O6. The summed E-state index contributed by atoms with van der Waals surface area (Å²) < 4.78 is 16.9. The van der Waals surface area contributed by atoms with Crippen LogP contribution in [0.1, 0.15) is 316 Å². The molecule has 0 aliphatic heterocycles. The lowest BCUT2D eigenvalue weighted by Gasteiger charge is -2.18. The molecule has 6 nitrogen and oxygen atoms in total. The lowest BCUT2D eigenvalue weighted by molar-refractivity contribution is -0.166. The van der Waals surface area contributed by atoms with Gasteiger partial charge in [0, 0.05) is 19.3 Å². The van der Waals surface area contributed by atoms with E-state index in [9.17, 15) is 14.4 Å². The van der Waals surface area contributed by atoms with Crippen molar-refractivity contribution in [2.24, 2.45) is 0 Å². The molecule has 0 spiro atoms. The summed E-state index contributed by atoms with van der Waals surface area (Å²) in [5.41, 5.74) is 0. The van der Waals surface area contributed by atoms with Gasteiger partial charge in [0.2, 0.25) is 0 Å². The summed E-state index contributed by atoms with van der Waals surface area (Å²) >= 11 is 0. The minimum Gasteiger partial charge on any atom is -0.462 e. The number of rotatable bonds is 61. The van der Waals surface area contributed by atoms with Crippen LogP contribution in [0.2, 0.25) is 0 Å². The fourth-order valence-electron chi connectivity index (χ4n) is 9.46. The van der Waals surface area contributed by atoms with E-state index in [2.05, 4.69) is 136 Å². The van der Waals surface area contributed by atoms with Gasteiger partial charge in [-0.15, -0.1) is 0 Å². The van der Waals surface area contributed by atoms with Crippen LogP contribution in [0.3, 0.4) is 0 Å². The second-order valence-electron chi connectivity index (χ2n) is 22.3. The maximum Gasteiger partial charge on any atom is 0.306 e. The molecule has 0 aromatic rings. The summed E-state index contributed by atoms with van der Waals surface area (Å²) in [6, 6.07) is 0. The Morgan fingerprint density at radius 2 is 0.506 bits per heavy atom. The van der Waals surface area contributed by atoms with Gasteiger partial charge in [-0.2, -0.15) is 0 Å². The highest BCUT2D eigenvalue weighted by Gasteiger charge is 2.19. The van der Waals surface area contributed by atoms with Gasteiger partial charge in [0.1, 0.15) is 13.2 Å². The summed E-state index contributed by atoms with van der Waals surface area (Å²) in [5, 5.41) is 0. The number of carbonyl (C=O) groups excluding carboxylic acids is 3. The first kappa shape index (κ1) is 76.8. The first-order valence-electron chi connectivity index (χ1n) is 34.0. The molecule has 0 radical (unpaired) electrons. The Hall–Kier alpha value is -4.19. The molecule has 0 heterocycles. The average Bonchev–Trinajstić information content (AvgIpc) is 3.46. The van der Waals surface area contributed by atoms with E-state index in [0.717, 1.165) is 103 Å². The predicted molar refractivity (Wildman–Crippen MR) is 353 cm³/mol. The highest BCUT2D eigenvalue weighted by atomic mass is 16.6. The molecule has 0 aromatic heterocycles. The van der Waals surface area contributed by atoms with Crippen LogP contribution in [0.15, 0.2) is 122 Å². The summed E-state index contributed by atoms with van der Waals surface area (Å²) in [6.07, 6.45) is 95.3. The zero-order valence-electron chi connectivity index (χ0n) is 53.0. The van der Waals surface area contributed by atoms with Crippen molar-refractivity contribution in [3.8, 4) is 0 Å². The maximum atomic E-state index is 12.9. The Morgan fingerprint density at radius 3 is 0.827 bits per heavy atom. The molecule has 462 valence electrons. The van der Waals surface area contributed by atoms with Gasteiger partial charge < -0.3 is 14.2 Å². The molecule has 0 aliphatic rings. The first-order chi connectivity index (χ1) is 40.0. The van der Waals surface area contributed by atoms with Gasteiger partial charge in [0.25, 0.3) is 0 Å². The van der Waals surface area contributed by atoms with Crippen molar-refractivity contribution in [3.05, 3.63) is 122 Å². The highest BCUT2D eigenvalue weighted by Crippen LogP contribution is 2.17. The van der Waals surface area contributed by atoms with Crippen LogP contribution in [0.5, 0.6) is 0 Å². The number of hydrogen-bond acceptors (Lipinski definition) is 6. The third-order valence-corrected chi connectivity index (χ3v) is 14.5. The standard InChI is InChI=1S/C75H126O6/c1-4-7-10-13-16-19-22-25-27-29-30-31-32-33-34-35-36-37-38-39-40-41-42-43-44-46-47-50-53-56-59-62-65-68-74(77)80-71-72(70-79-73(76)67-64-61-58-55-52-49-24-21-18-15-12-9-6-3)81-75(78)69-66-63-60-57-54-51-48-45-28-26-23-20-17-14-11-8-5-2/h7,9-10,12,16,18-19,21,25,27,30-31,33-34,36-37,49,52,58,61,72H,4-6,8,11,13-15,17,20,22-24,26,28-29,32,35,38-48,50-51,53-57,59-60,62-71H2,1-3H3/b10-7-,12-9-,19-16-,21-18-,27-25-,31-30-,34-33-,37-36-,52-49-,61-58-. The number of carbonyl (C=O) groups is 3. The fraction of sp³-hybridized carbons (Fsp3) is 0.693. The molecular weight excluding hydrogens is 997 g/mol. The maximum absolute atomic E-state index is 12.9. The van der Waals surface area contributed by atoms with E-state index in [4.69, 9.17) is 14.2 Å². The zero-order valence-corrected chi connectivity index (χ0v) is 53.0. The van der Waals surface area contributed by atoms with Crippen molar-refractivity contribution in [2.75, 3.05) is 13.2 Å². The molecule has 0 bridgehead atoms. The van der Waals surface area contributed by atoms with Crippen LogP contribution < -0.4 is 0 Å². The van der Waals surface area contributed by atoms with Gasteiger partial charge in [-0.05, 0) is 96.3 Å². The quantitative estimate of drug-likeness (QED) is 0.0261. The molecule has 0 saturated heterocycles. The van der Waals surface area contributed by atoms with E-state index in [0.29, 0.717) is 19.3 Å². The highest BCUT2D eigenvalue weighted by molar-refractivity contribution is 5.71. The summed E-state index contributed by atoms with van der Waals surface area (Å²) in [4.78, 5) is 38.3. The SMILES string of the molecule is CC/C=C\C/C=C\C/C=C\C/C=C\C/C=C\C/C=C\CCCCCCCCCCCCCCCCC(=O)OCC(COC(=O)CC/C=C\C/C=C\C/C=C\C/C=C\CC)OC(=O)CCCCCCCCCCCCCCCCCCC. The van der Waals surface area contributed by atoms with Gasteiger partial charge in [-0.25, -0.2) is 0 Å². The minimum absolute atomic E-state index is 0.0984. The lowest BCUT2D eigenvalue weighted by Crippen LogP contribution is -2.30. The number of hydrogen-bond donors (Lipinski definition) is 0. The molecule has 1 unspecified atom stereocenters. The largest absolute Gasteiger partial charge is 0.462 e. The molecule has 0 rings (SSSR count). The molecule has 6 heteroatoms. The third-order valence-electron chi connectivity index (χ3n) is 14.5. The molecule has 0 N–H and O–H groups in total. The van der Waals surface area contributed by atoms with E-state index in [-0.39, 0.29) is 37.5 Å². The monoisotopic (exact) mass is 1120 g/mol. The Kier molecular flexibility index (Phi) is 64.8. The smallest absolute Gasteiger partial charge is 0.306 e. The van der Waals surface area contributed by atoms with Crippen LogP contribution in [0.4, 0.5) is 0 Å². The molecule has 1 atom stereocenters. The molecule has 0 amide bonds. The fourth-order valence-corrected chi connectivity index (χ4v) is 9.46. The minimum atomic E-state index is -0.807. The van der Waals surface area contributed by atoms with Crippen LogP contribution >= 0.6 is 0 Å². The molecule has 0 fully saturated rings. The zero-order chi connectivity index (χ0) is 58.5. The lowest BCUT2D eigenvalue weighted by atomic mass is 10.0. The second-order valence-corrected chi connectivity index (χ2v) is 22.3. The topological polar surface area (TPSA) is 78.9 Å². The van der Waals surface area contributed by atoms with Gasteiger partial charge >= 0.3 is 17.9 Å². The normalized spacial score (nSPS) is 12.9. The van der Waals surface area contributed by atoms with Gasteiger partial charge in [-0.3, -0.25) is 14.4 Å². The van der Waals surface area contributed by atoms with Crippen molar-refractivity contribution in [3.63, 3.8) is 0 Å². The van der Waals surface area contributed by atoms with Gasteiger partial charge in [0.15, 0.2) is 6.10 Å². The average molecular weight is 1120 g/mol. The first-order valence-corrected chi connectivity index (χ1v) is 34.0. The van der Waals surface area contributed by atoms with Crippen molar-refractivity contribution in [1.82, 2.24) is 0 Å². The summed E-state index contributed by atoms with van der Waals surface area (Å²) in [6.45, 7) is 6.38. The summed E-state index contributed by atoms with van der Waals surface area (Å²) in [5.74, 6) is -0.973. The Morgan fingerprint density at radius 1 is 0.259 bits per heavy atom. The van der Waals surface area contributed by atoms with Crippen LogP contribution in [-0.2, 0) is 28.6 Å². The predicted octanol–water partition coefficient (Wildman–Crippen LogP) is 23.6. The Bertz CT molecular complexity index is 1670. The van der Waals surface area contributed by atoms with E-state index in [1.807, 2.05) is 6.08 Å². The molecule has 0 saturated carbocycles. The van der Waals surface area contributed by atoms with Gasteiger partial charge in [-0.1, -0.05) is 322 Å². The van der Waals surface area contributed by atoms with Crippen LogP contribution in [0.25, 0.3) is 0 Å². The second kappa shape index (κ2) is 68.3. The molecule has 81 heavy (non-hydrogen) atoms. The van der Waals surface area contributed by atoms with Crippen LogP contribution in [0, 0.1) is 0 Å². The Labute approximate surface area is 501 Å². The van der Waals surface area contributed by atoms with E-state index >= 15 is 0 Å². The molecule has 0 aliphatic carbocycles. The van der Waals surface area contributed by atoms with Crippen molar-refractivity contribution in [1.29, 1.82) is 0 Å². The number of allylic oxidation sites excluding steroid dienone is 20. The Balaban J connectivity index is 4.23. The van der Waals surface area contributed by atoms with E-state index < -0.39 is 6.10 Å². The van der Waals surface area contributed by atoms with Crippen molar-refractivity contribution < 1.29 is 28.6 Å². The molecule has 0 aromatic carbocycles. The number of esters is 3. The number of ether oxygens (including phenoxy) is 3. The van der Waals surface area contributed by atoms with Crippen molar-refractivity contribution in [2.45, 2.75) is 322 Å². The number of unbranched alkanes of at least 4 members (excludes halogenated alkanes) is 30. The van der Waals surface area contributed by atoms with Crippen molar-refractivity contribution >= 4 is 17.9 Å². The van der Waals surface area contributed by atoms with E-state index in [1.54, 1.807) is 0 Å². The van der Waals surface area contributed by atoms with Crippen LogP contribution in [-0.4, -0.2) is 37.2 Å². The van der Waals surface area contributed by atoms with Gasteiger partial charge in [0.05, 0.1) is 0 Å². The van der Waals surface area contributed by atoms with E-state index in [1.165, 1.54) is 167 Å². The summed E-state index contributed by atoms with van der Waals surface area (Å²) in [7, 11) is 0.